The molecule has 0 amide bonds. The molecule has 0 bridgehead atoms. The summed E-state index contributed by atoms with van der Waals surface area (Å²) in [6.45, 7) is 4.53. The van der Waals surface area contributed by atoms with E-state index in [0.717, 1.165) is 27.0 Å². The number of fused-ring (bicyclic) bond motifs is 1. The molecule has 4 aromatic rings. The Morgan fingerprint density at radius 1 is 1.00 bits per heavy atom. The molecule has 0 spiro atoms. The van der Waals surface area contributed by atoms with Crippen LogP contribution in [-0.4, -0.2) is 11.0 Å². The van der Waals surface area contributed by atoms with E-state index in [1.165, 1.54) is 5.56 Å². The molecule has 0 atom stereocenters. The van der Waals surface area contributed by atoms with E-state index in [4.69, 9.17) is 4.74 Å². The maximum absolute atomic E-state index is 12.6. The highest BCUT2D eigenvalue weighted by atomic mass is 32.1. The van der Waals surface area contributed by atoms with Gasteiger partial charge in [0.1, 0.15) is 11.6 Å². The van der Waals surface area contributed by atoms with Gasteiger partial charge in [0, 0.05) is 10.9 Å². The second kappa shape index (κ2) is 7.95. The first kappa shape index (κ1) is 18.4. The third kappa shape index (κ3) is 3.82. The molecule has 4 heteroatoms. The molecule has 3 aromatic carbocycles. The fraction of sp³-hybridized carbons (Fsp3) is 0.167. The molecule has 0 aliphatic heterocycles. The van der Waals surface area contributed by atoms with E-state index in [1.54, 1.807) is 17.4 Å². The fourth-order valence-electron chi connectivity index (χ4n) is 3.14. The summed E-state index contributed by atoms with van der Waals surface area (Å²) in [6, 6.07) is 22.0. The van der Waals surface area contributed by atoms with Crippen LogP contribution in [-0.2, 0) is 11.3 Å². The van der Waals surface area contributed by atoms with Crippen LogP contribution in [0.2, 0.25) is 0 Å². The van der Waals surface area contributed by atoms with Crippen LogP contribution < -0.4 is 0 Å². The summed E-state index contributed by atoms with van der Waals surface area (Å²) in [6.07, 6.45) is 0. The van der Waals surface area contributed by atoms with Crippen LogP contribution in [0.1, 0.15) is 41.4 Å². The van der Waals surface area contributed by atoms with Crippen molar-refractivity contribution >= 4 is 28.1 Å². The highest BCUT2D eigenvalue weighted by Gasteiger charge is 2.13. The predicted molar refractivity (Wildman–Crippen MR) is 115 cm³/mol. The van der Waals surface area contributed by atoms with Crippen molar-refractivity contribution in [1.29, 1.82) is 0 Å². The number of hydrogen-bond donors (Lipinski definition) is 0. The molecule has 0 unspecified atom stereocenters. The smallest absolute Gasteiger partial charge is 0.339 e. The second-order valence-electron chi connectivity index (χ2n) is 7.02. The minimum Gasteiger partial charge on any atom is -0.456 e. The van der Waals surface area contributed by atoms with Gasteiger partial charge in [-0.15, -0.1) is 11.3 Å². The number of nitrogens with zero attached hydrogens (tertiary/aromatic N) is 1. The number of carbonyl (C=O) groups excluding carboxylic acids is 1. The van der Waals surface area contributed by atoms with Gasteiger partial charge < -0.3 is 4.74 Å². The molecular formula is C24H21NO2S. The molecule has 0 saturated heterocycles. The Bertz CT molecular complexity index is 1110. The Kier molecular flexibility index (Phi) is 5.22. The largest absolute Gasteiger partial charge is 0.456 e. The number of hydrogen-bond acceptors (Lipinski definition) is 4. The average Bonchev–Trinajstić information content (AvgIpc) is 3.20. The van der Waals surface area contributed by atoms with Crippen molar-refractivity contribution in [3.8, 4) is 10.6 Å². The first-order valence-corrected chi connectivity index (χ1v) is 10.2. The molecule has 1 aromatic heterocycles. The van der Waals surface area contributed by atoms with Gasteiger partial charge in [-0.2, -0.15) is 0 Å². The number of aromatic nitrogens is 1. The summed E-state index contributed by atoms with van der Waals surface area (Å²) in [4.78, 5) is 17.2. The van der Waals surface area contributed by atoms with Crippen molar-refractivity contribution < 1.29 is 9.53 Å². The third-order valence-electron chi connectivity index (χ3n) is 4.74. The number of benzene rings is 3. The van der Waals surface area contributed by atoms with Crippen molar-refractivity contribution in [2.45, 2.75) is 26.4 Å². The summed E-state index contributed by atoms with van der Waals surface area (Å²) in [5, 5.41) is 4.81. The molecule has 28 heavy (non-hydrogen) atoms. The SMILES string of the molecule is CC(C)c1ccc(-c2nc(COC(=O)c3cccc4ccccc34)cs2)cc1. The zero-order valence-corrected chi connectivity index (χ0v) is 16.7. The Morgan fingerprint density at radius 2 is 1.75 bits per heavy atom. The normalized spacial score (nSPS) is 11.1. The highest BCUT2D eigenvalue weighted by molar-refractivity contribution is 7.13. The van der Waals surface area contributed by atoms with Crippen LogP contribution in [0.5, 0.6) is 0 Å². The van der Waals surface area contributed by atoms with Crippen LogP contribution in [0.15, 0.2) is 72.1 Å². The maximum atomic E-state index is 12.6. The zero-order chi connectivity index (χ0) is 19.5. The molecule has 1 heterocycles. The Morgan fingerprint density at radius 3 is 2.54 bits per heavy atom. The number of rotatable bonds is 5. The summed E-state index contributed by atoms with van der Waals surface area (Å²) >= 11 is 1.56. The molecule has 0 radical (unpaired) electrons. The van der Waals surface area contributed by atoms with Gasteiger partial charge in [0.2, 0.25) is 0 Å². The average molecular weight is 388 g/mol. The van der Waals surface area contributed by atoms with E-state index in [2.05, 4.69) is 43.1 Å². The van der Waals surface area contributed by atoms with Crippen molar-refractivity contribution in [3.05, 3.63) is 88.9 Å². The molecular weight excluding hydrogens is 366 g/mol. The number of esters is 1. The maximum Gasteiger partial charge on any atom is 0.339 e. The Hall–Kier alpha value is -2.98. The quantitative estimate of drug-likeness (QED) is 0.370. The summed E-state index contributed by atoms with van der Waals surface area (Å²) in [7, 11) is 0. The summed E-state index contributed by atoms with van der Waals surface area (Å²) in [5.41, 5.74) is 3.74. The van der Waals surface area contributed by atoms with Gasteiger partial charge >= 0.3 is 5.97 Å². The van der Waals surface area contributed by atoms with Gasteiger partial charge in [-0.25, -0.2) is 9.78 Å². The van der Waals surface area contributed by atoms with Gasteiger partial charge in [-0.05, 0) is 28.3 Å². The van der Waals surface area contributed by atoms with E-state index >= 15 is 0 Å². The van der Waals surface area contributed by atoms with E-state index in [-0.39, 0.29) is 12.6 Å². The van der Waals surface area contributed by atoms with Crippen LogP contribution in [0.4, 0.5) is 0 Å². The summed E-state index contributed by atoms with van der Waals surface area (Å²) < 4.78 is 5.53. The van der Waals surface area contributed by atoms with Gasteiger partial charge in [-0.1, -0.05) is 74.5 Å². The van der Waals surface area contributed by atoms with E-state index in [1.807, 2.05) is 41.8 Å². The molecule has 140 valence electrons. The molecule has 0 N–H and O–H groups in total. The second-order valence-corrected chi connectivity index (χ2v) is 7.88. The van der Waals surface area contributed by atoms with Crippen LogP contribution >= 0.6 is 11.3 Å². The van der Waals surface area contributed by atoms with Crippen LogP contribution in [0.3, 0.4) is 0 Å². The molecule has 0 aliphatic carbocycles. The van der Waals surface area contributed by atoms with Crippen molar-refractivity contribution in [2.75, 3.05) is 0 Å². The number of thiazole rings is 1. The van der Waals surface area contributed by atoms with Crippen molar-refractivity contribution in [1.82, 2.24) is 4.98 Å². The third-order valence-corrected chi connectivity index (χ3v) is 5.68. The first-order chi connectivity index (χ1) is 13.6. The van der Waals surface area contributed by atoms with Crippen LogP contribution in [0, 0.1) is 0 Å². The monoisotopic (exact) mass is 387 g/mol. The lowest BCUT2D eigenvalue weighted by Gasteiger charge is -2.06. The van der Waals surface area contributed by atoms with E-state index in [0.29, 0.717) is 11.5 Å². The lowest BCUT2D eigenvalue weighted by atomic mass is 10.0. The zero-order valence-electron chi connectivity index (χ0n) is 15.9. The number of ether oxygens (including phenoxy) is 1. The molecule has 3 nitrogen and oxygen atoms in total. The van der Waals surface area contributed by atoms with Gasteiger partial charge in [0.05, 0.1) is 11.3 Å². The van der Waals surface area contributed by atoms with E-state index < -0.39 is 0 Å². The van der Waals surface area contributed by atoms with Crippen LogP contribution in [0.25, 0.3) is 21.3 Å². The predicted octanol–water partition coefficient (Wildman–Crippen LogP) is 6.44. The molecule has 0 saturated carbocycles. The van der Waals surface area contributed by atoms with Gasteiger partial charge in [-0.3, -0.25) is 0 Å². The van der Waals surface area contributed by atoms with Crippen molar-refractivity contribution in [3.63, 3.8) is 0 Å². The molecule has 0 fully saturated rings. The highest BCUT2D eigenvalue weighted by Crippen LogP contribution is 2.26. The molecule has 4 rings (SSSR count). The Labute approximate surface area is 168 Å². The van der Waals surface area contributed by atoms with E-state index in [9.17, 15) is 4.79 Å². The lowest BCUT2D eigenvalue weighted by Crippen LogP contribution is -2.06. The lowest BCUT2D eigenvalue weighted by molar-refractivity contribution is 0.0471. The van der Waals surface area contributed by atoms with Gasteiger partial charge in [0.25, 0.3) is 0 Å². The first-order valence-electron chi connectivity index (χ1n) is 9.31. The number of carbonyl (C=O) groups is 1. The Balaban J connectivity index is 1.46. The minimum absolute atomic E-state index is 0.169. The summed E-state index contributed by atoms with van der Waals surface area (Å²) in [5.74, 6) is 0.182. The van der Waals surface area contributed by atoms with Crippen molar-refractivity contribution in [2.24, 2.45) is 0 Å². The van der Waals surface area contributed by atoms with Gasteiger partial charge in [0.15, 0.2) is 0 Å². The fourth-order valence-corrected chi connectivity index (χ4v) is 3.95. The standard InChI is InChI=1S/C24H21NO2S/c1-16(2)17-10-12-19(13-11-17)23-25-20(15-28-23)14-27-24(26)22-9-5-7-18-6-3-4-8-21(18)22/h3-13,15-16H,14H2,1-2H3. The minimum atomic E-state index is -0.326. The topological polar surface area (TPSA) is 39.2 Å². The molecule has 0 aliphatic rings.